The molecule has 0 aliphatic carbocycles. The normalized spacial score (nSPS) is 14.1. The minimum Gasteiger partial charge on any atom is -0.395 e. The largest absolute Gasteiger partial charge is 0.395 e. The van der Waals surface area contributed by atoms with Gasteiger partial charge >= 0.3 is 0 Å². The first-order valence-electron chi connectivity index (χ1n) is 9.30. The van der Waals surface area contributed by atoms with E-state index in [1.807, 2.05) is 6.08 Å². The Hall–Kier alpha value is -1.12. The molecule has 1 atom stereocenters. The summed E-state index contributed by atoms with van der Waals surface area (Å²) in [6.45, 7) is 19.3. The third kappa shape index (κ3) is 13.3. The van der Waals surface area contributed by atoms with Crippen LogP contribution in [0.2, 0.25) is 0 Å². The van der Waals surface area contributed by atoms with E-state index in [-0.39, 0.29) is 6.61 Å². The van der Waals surface area contributed by atoms with Crippen LogP contribution in [0.5, 0.6) is 0 Å². The van der Waals surface area contributed by atoms with Gasteiger partial charge in [0.2, 0.25) is 0 Å². The number of hydrogen-bond donors (Lipinski definition) is 1. The maximum absolute atomic E-state index is 9.32. The zero-order valence-electron chi connectivity index (χ0n) is 16.5. The van der Waals surface area contributed by atoms with E-state index >= 15 is 0 Å². The molecular weight excluding hydrogens is 294 g/mol. The fourth-order valence-electron chi connectivity index (χ4n) is 2.65. The Morgan fingerprint density at radius 2 is 1.67 bits per heavy atom. The van der Waals surface area contributed by atoms with Gasteiger partial charge in [-0.3, -0.25) is 4.90 Å². The van der Waals surface area contributed by atoms with E-state index in [1.165, 1.54) is 23.1 Å². The summed E-state index contributed by atoms with van der Waals surface area (Å²) in [5, 5.41) is 9.32. The van der Waals surface area contributed by atoms with Crippen molar-refractivity contribution in [1.82, 2.24) is 4.90 Å². The van der Waals surface area contributed by atoms with Gasteiger partial charge in [-0.2, -0.15) is 0 Å². The maximum Gasteiger partial charge on any atom is 0.0558 e. The van der Waals surface area contributed by atoms with E-state index in [2.05, 4.69) is 57.9 Å². The topological polar surface area (TPSA) is 23.5 Å². The number of hydrogen-bond acceptors (Lipinski definition) is 2. The summed E-state index contributed by atoms with van der Waals surface area (Å²) < 4.78 is 0. The highest BCUT2D eigenvalue weighted by Crippen LogP contribution is 2.11. The number of aliphatic hydroxyl groups excluding tert-OH is 1. The molecule has 0 radical (unpaired) electrons. The second-order valence-corrected chi connectivity index (χ2v) is 7.17. The lowest BCUT2D eigenvalue weighted by Crippen LogP contribution is -2.30. The van der Waals surface area contributed by atoms with Crippen LogP contribution in [-0.2, 0) is 0 Å². The van der Waals surface area contributed by atoms with Gasteiger partial charge in [-0.25, -0.2) is 0 Å². The van der Waals surface area contributed by atoms with Crippen molar-refractivity contribution in [3.63, 3.8) is 0 Å². The monoisotopic (exact) mass is 333 g/mol. The predicted molar refractivity (Wildman–Crippen MR) is 108 cm³/mol. The number of nitrogens with zero attached hydrogens (tertiary/aromatic N) is 1. The Kier molecular flexibility index (Phi) is 13.6. The van der Waals surface area contributed by atoms with Crippen molar-refractivity contribution in [2.24, 2.45) is 5.92 Å². The molecule has 0 amide bonds. The molecule has 0 aromatic carbocycles. The number of allylic oxidation sites excluding steroid dienone is 4. The second kappa shape index (κ2) is 14.2. The van der Waals surface area contributed by atoms with Crippen molar-refractivity contribution in [2.45, 2.75) is 59.8 Å². The molecular formula is C22H39NO. The molecule has 2 nitrogen and oxygen atoms in total. The molecule has 0 aliphatic heterocycles. The average Bonchev–Trinajstić information content (AvgIpc) is 2.51. The Morgan fingerprint density at radius 1 is 1.08 bits per heavy atom. The molecule has 138 valence electrons. The fourth-order valence-corrected chi connectivity index (χ4v) is 2.65. The van der Waals surface area contributed by atoms with E-state index in [0.29, 0.717) is 5.92 Å². The molecule has 0 saturated heterocycles. The third-order valence-corrected chi connectivity index (χ3v) is 4.18. The van der Waals surface area contributed by atoms with Crippen LogP contribution in [0.25, 0.3) is 0 Å². The Labute approximate surface area is 150 Å². The molecule has 0 bridgehead atoms. The van der Waals surface area contributed by atoms with Gasteiger partial charge < -0.3 is 5.11 Å². The predicted octanol–water partition coefficient (Wildman–Crippen LogP) is 5.52. The van der Waals surface area contributed by atoms with Gasteiger partial charge in [-0.15, -0.1) is 13.2 Å². The van der Waals surface area contributed by atoms with Crippen LogP contribution >= 0.6 is 0 Å². The van der Waals surface area contributed by atoms with E-state index in [9.17, 15) is 5.11 Å². The highest BCUT2D eigenvalue weighted by Gasteiger charge is 2.06. The Bertz CT molecular complexity index is 420. The lowest BCUT2D eigenvalue weighted by Gasteiger charge is -2.22. The van der Waals surface area contributed by atoms with Crippen LogP contribution in [0, 0.1) is 5.92 Å². The van der Waals surface area contributed by atoms with Crippen LogP contribution in [0.3, 0.4) is 0 Å². The maximum atomic E-state index is 9.32. The molecule has 2 heteroatoms. The first-order valence-corrected chi connectivity index (χ1v) is 9.30. The van der Waals surface area contributed by atoms with E-state index in [4.69, 9.17) is 0 Å². The van der Waals surface area contributed by atoms with Crippen LogP contribution in [0.4, 0.5) is 0 Å². The third-order valence-electron chi connectivity index (χ3n) is 4.18. The van der Waals surface area contributed by atoms with Crippen molar-refractivity contribution in [2.75, 3.05) is 26.2 Å². The SMILES string of the molecule is C=CC(C)CC/C=C(\C)CN(CCO)C/C(C)=C/CCCC(=C)C. The highest BCUT2D eigenvalue weighted by atomic mass is 16.3. The summed E-state index contributed by atoms with van der Waals surface area (Å²) in [5.74, 6) is 0.576. The van der Waals surface area contributed by atoms with Gasteiger partial charge in [0.1, 0.15) is 0 Å². The van der Waals surface area contributed by atoms with Crippen LogP contribution in [0.15, 0.2) is 48.1 Å². The molecule has 0 heterocycles. The quantitative estimate of drug-likeness (QED) is 0.334. The molecule has 0 aliphatic rings. The van der Waals surface area contributed by atoms with Crippen molar-refractivity contribution in [1.29, 1.82) is 0 Å². The summed E-state index contributed by atoms with van der Waals surface area (Å²) in [5.41, 5.74) is 4.03. The lowest BCUT2D eigenvalue weighted by molar-refractivity contribution is 0.215. The van der Waals surface area contributed by atoms with Crippen LogP contribution < -0.4 is 0 Å². The van der Waals surface area contributed by atoms with Gasteiger partial charge in [-0.1, -0.05) is 41.9 Å². The van der Waals surface area contributed by atoms with Crippen molar-refractivity contribution >= 4 is 0 Å². The van der Waals surface area contributed by atoms with Gasteiger partial charge in [0, 0.05) is 19.6 Å². The highest BCUT2D eigenvalue weighted by molar-refractivity contribution is 5.06. The van der Waals surface area contributed by atoms with Crippen molar-refractivity contribution < 1.29 is 5.11 Å². The zero-order valence-corrected chi connectivity index (χ0v) is 16.5. The minimum atomic E-state index is 0.212. The molecule has 1 N–H and O–H groups in total. The van der Waals surface area contributed by atoms with Gasteiger partial charge in [0.05, 0.1) is 6.61 Å². The second-order valence-electron chi connectivity index (χ2n) is 7.17. The minimum absolute atomic E-state index is 0.212. The van der Waals surface area contributed by atoms with Gasteiger partial charge in [0.25, 0.3) is 0 Å². The molecule has 24 heavy (non-hydrogen) atoms. The first-order chi connectivity index (χ1) is 11.4. The van der Waals surface area contributed by atoms with E-state index < -0.39 is 0 Å². The van der Waals surface area contributed by atoms with Gasteiger partial charge in [-0.05, 0) is 58.8 Å². The fraction of sp³-hybridized carbons (Fsp3) is 0.636. The van der Waals surface area contributed by atoms with E-state index in [0.717, 1.165) is 45.3 Å². The summed E-state index contributed by atoms with van der Waals surface area (Å²) in [4.78, 5) is 2.33. The van der Waals surface area contributed by atoms with Crippen LogP contribution in [-0.4, -0.2) is 36.2 Å². The number of rotatable bonds is 14. The summed E-state index contributed by atoms with van der Waals surface area (Å²) in [6, 6.07) is 0. The first kappa shape index (κ1) is 22.9. The van der Waals surface area contributed by atoms with Gasteiger partial charge in [0.15, 0.2) is 0 Å². The van der Waals surface area contributed by atoms with Crippen LogP contribution in [0.1, 0.15) is 59.8 Å². The summed E-state index contributed by atoms with van der Waals surface area (Å²) in [7, 11) is 0. The molecule has 0 spiro atoms. The molecule has 1 unspecified atom stereocenters. The number of aliphatic hydroxyl groups is 1. The zero-order chi connectivity index (χ0) is 18.4. The molecule has 0 fully saturated rings. The average molecular weight is 334 g/mol. The lowest BCUT2D eigenvalue weighted by atomic mass is 10.0. The summed E-state index contributed by atoms with van der Waals surface area (Å²) in [6.07, 6.45) is 12.3. The molecule has 0 rings (SSSR count). The van der Waals surface area contributed by atoms with Crippen molar-refractivity contribution in [3.05, 3.63) is 48.1 Å². The molecule has 0 aromatic heterocycles. The summed E-state index contributed by atoms with van der Waals surface area (Å²) >= 11 is 0. The Morgan fingerprint density at radius 3 is 2.17 bits per heavy atom. The smallest absolute Gasteiger partial charge is 0.0558 e. The molecule has 0 aromatic rings. The van der Waals surface area contributed by atoms with E-state index in [1.54, 1.807) is 0 Å². The van der Waals surface area contributed by atoms with Crippen molar-refractivity contribution in [3.8, 4) is 0 Å². The standard InChI is InChI=1S/C22H39NO/c1-7-20(4)13-10-14-22(6)18-23(15-16-24)17-21(5)12-9-8-11-19(2)3/h7,12,14,20,24H,1-2,8-11,13,15-18H2,3-6H3/b21-12+,22-14+. The Balaban J connectivity index is 4.35. The number of unbranched alkanes of at least 4 members (excludes halogenated alkanes) is 1. The molecule has 0 saturated carbocycles.